The number of hydrogen-bond acceptors (Lipinski definition) is 3. The topological polar surface area (TPSA) is 69.6 Å². The van der Waals surface area contributed by atoms with Gasteiger partial charge in [-0.3, -0.25) is 4.79 Å². The van der Waals surface area contributed by atoms with E-state index in [1.165, 1.54) is 5.32 Å². The van der Waals surface area contributed by atoms with Gasteiger partial charge in [-0.25, -0.2) is 8.78 Å². The molecule has 0 saturated heterocycles. The Bertz CT molecular complexity index is 232. The zero-order valence-corrected chi connectivity index (χ0v) is 7.81. The summed E-state index contributed by atoms with van der Waals surface area (Å²) in [6.07, 6.45) is -4.11. The van der Waals surface area contributed by atoms with E-state index in [-0.39, 0.29) is 0 Å². The standard InChI is InChI=1S/C7H11F4NO3/c1-6(15,3-13)2-12-5(14)7(10,11)4(8)9/h4,13,15H,2-3H2,1H3,(H,12,14). The molecule has 0 bridgehead atoms. The van der Waals surface area contributed by atoms with Crippen molar-refractivity contribution in [2.75, 3.05) is 13.2 Å². The first kappa shape index (κ1) is 14.1. The number of aliphatic hydroxyl groups is 2. The summed E-state index contributed by atoms with van der Waals surface area (Å²) < 4.78 is 47.9. The van der Waals surface area contributed by atoms with Crippen molar-refractivity contribution in [1.82, 2.24) is 5.32 Å². The number of carbonyl (C=O) groups is 1. The molecule has 0 fully saturated rings. The van der Waals surface area contributed by atoms with Crippen molar-refractivity contribution in [3.05, 3.63) is 0 Å². The largest absolute Gasteiger partial charge is 0.393 e. The molecule has 0 aliphatic rings. The maximum atomic E-state index is 12.3. The molecule has 0 radical (unpaired) electrons. The zero-order chi connectivity index (χ0) is 12.3. The van der Waals surface area contributed by atoms with Gasteiger partial charge in [-0.15, -0.1) is 0 Å². The molecule has 15 heavy (non-hydrogen) atoms. The smallest absolute Gasteiger partial charge is 0.383 e. The fourth-order valence-corrected chi connectivity index (χ4v) is 0.544. The Labute approximate surface area is 82.9 Å². The first-order valence-corrected chi connectivity index (χ1v) is 3.91. The molecular weight excluding hydrogens is 222 g/mol. The number of hydrogen-bond donors (Lipinski definition) is 3. The van der Waals surface area contributed by atoms with Crippen LogP contribution in [-0.2, 0) is 4.79 Å². The van der Waals surface area contributed by atoms with E-state index in [1.54, 1.807) is 0 Å². The third-order valence-corrected chi connectivity index (χ3v) is 1.55. The highest BCUT2D eigenvalue weighted by atomic mass is 19.3. The van der Waals surface area contributed by atoms with Crippen LogP contribution in [0.15, 0.2) is 0 Å². The van der Waals surface area contributed by atoms with E-state index < -0.39 is 37.0 Å². The molecule has 90 valence electrons. The van der Waals surface area contributed by atoms with Crippen molar-refractivity contribution in [1.29, 1.82) is 0 Å². The molecule has 0 aliphatic carbocycles. The third kappa shape index (κ3) is 4.00. The molecule has 1 amide bonds. The predicted molar refractivity (Wildman–Crippen MR) is 41.7 cm³/mol. The lowest BCUT2D eigenvalue weighted by Gasteiger charge is -2.22. The Balaban J connectivity index is 4.28. The molecular formula is C7H11F4NO3. The number of carbonyl (C=O) groups excluding carboxylic acids is 1. The van der Waals surface area contributed by atoms with Gasteiger partial charge in [0, 0.05) is 6.54 Å². The fraction of sp³-hybridized carbons (Fsp3) is 0.857. The second-order valence-electron chi connectivity index (χ2n) is 3.26. The van der Waals surface area contributed by atoms with E-state index in [0.717, 1.165) is 6.92 Å². The summed E-state index contributed by atoms with van der Waals surface area (Å²) in [7, 11) is 0. The molecule has 0 heterocycles. The fourth-order valence-electron chi connectivity index (χ4n) is 0.544. The molecule has 0 aromatic rings. The van der Waals surface area contributed by atoms with Crippen LogP contribution in [0.3, 0.4) is 0 Å². The van der Waals surface area contributed by atoms with Gasteiger partial charge < -0.3 is 15.5 Å². The number of alkyl halides is 4. The van der Waals surface area contributed by atoms with Gasteiger partial charge in [-0.05, 0) is 6.92 Å². The summed E-state index contributed by atoms with van der Waals surface area (Å²) in [5.41, 5.74) is -1.83. The van der Waals surface area contributed by atoms with Crippen LogP contribution in [-0.4, -0.2) is 47.2 Å². The maximum absolute atomic E-state index is 12.3. The van der Waals surface area contributed by atoms with Crippen LogP contribution >= 0.6 is 0 Å². The van der Waals surface area contributed by atoms with E-state index in [0.29, 0.717) is 0 Å². The van der Waals surface area contributed by atoms with Crippen LogP contribution in [0.1, 0.15) is 6.92 Å². The van der Waals surface area contributed by atoms with Crippen molar-refractivity contribution in [2.45, 2.75) is 24.9 Å². The van der Waals surface area contributed by atoms with Crippen molar-refractivity contribution < 1.29 is 32.6 Å². The Morgan fingerprint density at radius 1 is 1.47 bits per heavy atom. The molecule has 0 saturated carbocycles. The van der Waals surface area contributed by atoms with Crippen molar-refractivity contribution in [3.63, 3.8) is 0 Å². The molecule has 0 rings (SSSR count). The summed E-state index contributed by atoms with van der Waals surface area (Å²) in [5, 5.41) is 19.0. The second kappa shape index (κ2) is 4.75. The molecule has 0 aliphatic heterocycles. The lowest BCUT2D eigenvalue weighted by Crippen LogP contribution is -2.51. The highest BCUT2D eigenvalue weighted by Crippen LogP contribution is 2.22. The van der Waals surface area contributed by atoms with Crippen molar-refractivity contribution >= 4 is 5.91 Å². The molecule has 0 spiro atoms. The van der Waals surface area contributed by atoms with Crippen LogP contribution < -0.4 is 5.32 Å². The predicted octanol–water partition coefficient (Wildman–Crippen LogP) is -0.254. The Kier molecular flexibility index (Phi) is 4.47. The van der Waals surface area contributed by atoms with Gasteiger partial charge in [0.2, 0.25) is 0 Å². The minimum atomic E-state index is -4.80. The van der Waals surface area contributed by atoms with Gasteiger partial charge in [0.05, 0.1) is 6.61 Å². The van der Waals surface area contributed by atoms with Gasteiger partial charge in [-0.2, -0.15) is 8.78 Å². The number of rotatable bonds is 5. The second-order valence-corrected chi connectivity index (χ2v) is 3.26. The van der Waals surface area contributed by atoms with Crippen LogP contribution in [0, 0.1) is 0 Å². The van der Waals surface area contributed by atoms with E-state index in [1.807, 2.05) is 0 Å². The van der Waals surface area contributed by atoms with E-state index in [2.05, 4.69) is 0 Å². The van der Waals surface area contributed by atoms with Crippen LogP contribution in [0.25, 0.3) is 0 Å². The van der Waals surface area contributed by atoms with E-state index in [9.17, 15) is 22.4 Å². The summed E-state index contributed by atoms with van der Waals surface area (Å²) in [4.78, 5) is 10.5. The Morgan fingerprint density at radius 3 is 2.27 bits per heavy atom. The number of amides is 1. The Hall–Kier alpha value is -0.890. The summed E-state index contributed by atoms with van der Waals surface area (Å²) in [6, 6.07) is 0. The van der Waals surface area contributed by atoms with Gasteiger partial charge in [-0.1, -0.05) is 0 Å². The summed E-state index contributed by atoms with van der Waals surface area (Å²) in [6.45, 7) is -0.494. The van der Waals surface area contributed by atoms with E-state index >= 15 is 0 Å². The summed E-state index contributed by atoms with van der Waals surface area (Å²) in [5.74, 6) is -6.99. The van der Waals surface area contributed by atoms with Crippen molar-refractivity contribution in [3.8, 4) is 0 Å². The number of aliphatic hydroxyl groups excluding tert-OH is 1. The first-order valence-electron chi connectivity index (χ1n) is 3.91. The number of halogens is 4. The van der Waals surface area contributed by atoms with Gasteiger partial charge in [0.1, 0.15) is 5.60 Å². The van der Waals surface area contributed by atoms with E-state index in [4.69, 9.17) is 10.2 Å². The molecule has 4 nitrogen and oxygen atoms in total. The summed E-state index contributed by atoms with van der Waals surface area (Å²) >= 11 is 0. The molecule has 3 N–H and O–H groups in total. The highest BCUT2D eigenvalue weighted by Gasteiger charge is 2.49. The SMILES string of the molecule is CC(O)(CO)CNC(=O)C(F)(F)C(F)F. The van der Waals surface area contributed by atoms with Crippen LogP contribution in [0.5, 0.6) is 0 Å². The van der Waals surface area contributed by atoms with Gasteiger partial charge in [0.15, 0.2) is 0 Å². The average Bonchev–Trinajstić information content (AvgIpc) is 2.14. The number of nitrogens with one attached hydrogen (secondary N) is 1. The van der Waals surface area contributed by atoms with Crippen LogP contribution in [0.2, 0.25) is 0 Å². The average molecular weight is 233 g/mol. The Morgan fingerprint density at radius 2 is 1.93 bits per heavy atom. The molecule has 1 unspecified atom stereocenters. The lowest BCUT2D eigenvalue weighted by atomic mass is 10.1. The zero-order valence-electron chi connectivity index (χ0n) is 7.81. The van der Waals surface area contributed by atoms with Crippen molar-refractivity contribution in [2.24, 2.45) is 0 Å². The minimum absolute atomic E-state index is 0.745. The third-order valence-electron chi connectivity index (χ3n) is 1.55. The molecule has 0 aromatic carbocycles. The maximum Gasteiger partial charge on any atom is 0.383 e. The molecule has 0 aromatic heterocycles. The minimum Gasteiger partial charge on any atom is -0.393 e. The van der Waals surface area contributed by atoms with Gasteiger partial charge >= 0.3 is 12.3 Å². The van der Waals surface area contributed by atoms with Crippen LogP contribution in [0.4, 0.5) is 17.6 Å². The first-order chi connectivity index (χ1) is 6.63. The quantitative estimate of drug-likeness (QED) is 0.573. The molecule has 1 atom stereocenters. The monoisotopic (exact) mass is 233 g/mol. The highest BCUT2D eigenvalue weighted by molar-refractivity contribution is 5.83. The molecule has 8 heteroatoms. The van der Waals surface area contributed by atoms with Gasteiger partial charge in [0.25, 0.3) is 5.91 Å². The lowest BCUT2D eigenvalue weighted by molar-refractivity contribution is -0.170. The normalized spacial score (nSPS) is 16.3.